The van der Waals surface area contributed by atoms with Gasteiger partial charge in [0, 0.05) is 16.3 Å². The van der Waals surface area contributed by atoms with Crippen molar-refractivity contribution in [2.75, 3.05) is 5.73 Å². The van der Waals surface area contributed by atoms with Crippen LogP contribution in [0.5, 0.6) is 0 Å². The van der Waals surface area contributed by atoms with Gasteiger partial charge >= 0.3 is 0 Å². The molecule has 0 aliphatic rings. The molecule has 2 aromatic rings. The average Bonchev–Trinajstić information content (AvgIpc) is 2.30. The Morgan fingerprint density at radius 3 is 2.76 bits per heavy atom. The van der Waals surface area contributed by atoms with Crippen molar-refractivity contribution in [2.24, 2.45) is 0 Å². The molecule has 2 rings (SSSR count). The smallest absolute Gasteiger partial charge is 0.123 e. The first-order chi connectivity index (χ1) is 8.15. The molecule has 0 spiro atoms. The third-order valence-electron chi connectivity index (χ3n) is 2.45. The predicted molar refractivity (Wildman–Crippen MR) is 71.6 cm³/mol. The van der Waals surface area contributed by atoms with Crippen molar-refractivity contribution in [2.45, 2.75) is 17.6 Å². The van der Waals surface area contributed by atoms with Gasteiger partial charge in [-0.25, -0.2) is 4.39 Å². The number of nitrogen functional groups attached to an aromatic ring is 1. The van der Waals surface area contributed by atoms with E-state index in [-0.39, 0.29) is 5.82 Å². The van der Waals surface area contributed by atoms with Crippen molar-refractivity contribution in [1.82, 2.24) is 0 Å². The largest absolute Gasteiger partial charge is 0.398 e. The molecule has 2 aromatic carbocycles. The van der Waals surface area contributed by atoms with Crippen molar-refractivity contribution < 1.29 is 4.39 Å². The van der Waals surface area contributed by atoms with E-state index in [9.17, 15) is 4.39 Å². The van der Waals surface area contributed by atoms with E-state index in [1.165, 1.54) is 11.6 Å². The minimum atomic E-state index is -0.194. The summed E-state index contributed by atoms with van der Waals surface area (Å²) in [7, 11) is 0. The Balaban J connectivity index is 2.09. The highest BCUT2D eigenvalue weighted by Crippen LogP contribution is 2.29. The summed E-state index contributed by atoms with van der Waals surface area (Å²) in [4.78, 5) is 1.05. The Morgan fingerprint density at radius 1 is 1.18 bits per heavy atom. The van der Waals surface area contributed by atoms with Gasteiger partial charge in [0.15, 0.2) is 0 Å². The minimum Gasteiger partial charge on any atom is -0.398 e. The summed E-state index contributed by atoms with van der Waals surface area (Å²) in [5, 5.41) is 0. The number of aryl methyl sites for hydroxylation is 1. The maximum atomic E-state index is 13.0. The van der Waals surface area contributed by atoms with E-state index in [0.29, 0.717) is 0 Å². The van der Waals surface area contributed by atoms with Crippen LogP contribution >= 0.6 is 11.8 Å². The number of anilines is 1. The fourth-order valence-electron chi connectivity index (χ4n) is 1.55. The summed E-state index contributed by atoms with van der Waals surface area (Å²) >= 11 is 1.63. The molecule has 0 fully saturated rings. The molecular formula is C14H14FNS. The molecule has 0 aromatic heterocycles. The number of hydrogen-bond acceptors (Lipinski definition) is 2. The molecule has 1 nitrogen and oxygen atoms in total. The van der Waals surface area contributed by atoms with Crippen molar-refractivity contribution in [3.8, 4) is 0 Å². The Kier molecular flexibility index (Phi) is 3.69. The highest BCUT2D eigenvalue weighted by Gasteiger charge is 2.02. The summed E-state index contributed by atoms with van der Waals surface area (Å²) in [6.45, 7) is 2.03. The summed E-state index contributed by atoms with van der Waals surface area (Å²) in [5.74, 6) is 0.533. The number of thioether (sulfide) groups is 1. The van der Waals surface area contributed by atoms with E-state index >= 15 is 0 Å². The fraction of sp³-hybridized carbons (Fsp3) is 0.143. The third kappa shape index (κ3) is 3.24. The van der Waals surface area contributed by atoms with Crippen molar-refractivity contribution in [3.05, 3.63) is 59.4 Å². The molecule has 0 atom stereocenters. The Morgan fingerprint density at radius 2 is 2.00 bits per heavy atom. The Hall–Kier alpha value is -1.48. The number of nitrogens with two attached hydrogens (primary N) is 1. The molecule has 0 heterocycles. The highest BCUT2D eigenvalue weighted by molar-refractivity contribution is 7.98. The second-order valence-corrected chi connectivity index (χ2v) is 4.98. The molecule has 0 amide bonds. The van der Waals surface area contributed by atoms with Gasteiger partial charge in [-0.3, -0.25) is 0 Å². The Labute approximate surface area is 105 Å². The molecule has 0 bridgehead atoms. The van der Waals surface area contributed by atoms with Crippen molar-refractivity contribution in [3.63, 3.8) is 0 Å². The van der Waals surface area contributed by atoms with Gasteiger partial charge in [0.1, 0.15) is 5.82 Å². The monoisotopic (exact) mass is 247 g/mol. The van der Waals surface area contributed by atoms with Gasteiger partial charge in [-0.1, -0.05) is 18.2 Å². The molecular weight excluding hydrogens is 233 g/mol. The van der Waals surface area contributed by atoms with Gasteiger partial charge in [0.2, 0.25) is 0 Å². The third-order valence-corrected chi connectivity index (χ3v) is 3.59. The van der Waals surface area contributed by atoms with Crippen molar-refractivity contribution >= 4 is 17.4 Å². The SMILES string of the molecule is Cc1ccc(N)c(SCc2cccc(F)c2)c1. The molecule has 2 N–H and O–H groups in total. The van der Waals surface area contributed by atoms with E-state index in [0.717, 1.165) is 21.9 Å². The van der Waals surface area contributed by atoms with Gasteiger partial charge in [-0.2, -0.15) is 0 Å². The average molecular weight is 247 g/mol. The quantitative estimate of drug-likeness (QED) is 0.655. The van der Waals surface area contributed by atoms with E-state index in [1.807, 2.05) is 25.1 Å². The van der Waals surface area contributed by atoms with Crippen LogP contribution in [0.25, 0.3) is 0 Å². The van der Waals surface area contributed by atoms with Gasteiger partial charge in [0.05, 0.1) is 0 Å². The zero-order valence-electron chi connectivity index (χ0n) is 9.61. The van der Waals surface area contributed by atoms with E-state index in [4.69, 9.17) is 5.73 Å². The lowest BCUT2D eigenvalue weighted by Crippen LogP contribution is -1.90. The second kappa shape index (κ2) is 5.23. The van der Waals surface area contributed by atoms with E-state index < -0.39 is 0 Å². The molecule has 0 radical (unpaired) electrons. The lowest BCUT2D eigenvalue weighted by atomic mass is 10.2. The second-order valence-electron chi connectivity index (χ2n) is 3.96. The molecule has 0 saturated heterocycles. The van der Waals surface area contributed by atoms with Gasteiger partial charge < -0.3 is 5.73 Å². The lowest BCUT2D eigenvalue weighted by molar-refractivity contribution is 0.626. The van der Waals surface area contributed by atoms with Crippen LogP contribution in [-0.4, -0.2) is 0 Å². The maximum absolute atomic E-state index is 13.0. The topological polar surface area (TPSA) is 26.0 Å². The standard InChI is InChI=1S/C14H14FNS/c1-10-5-6-13(16)14(7-10)17-9-11-3-2-4-12(15)8-11/h2-8H,9,16H2,1H3. The number of rotatable bonds is 3. The van der Waals surface area contributed by atoms with Crippen LogP contribution in [0.4, 0.5) is 10.1 Å². The van der Waals surface area contributed by atoms with Gasteiger partial charge in [0.25, 0.3) is 0 Å². The molecule has 0 aliphatic carbocycles. The van der Waals surface area contributed by atoms with E-state index in [1.54, 1.807) is 23.9 Å². The summed E-state index contributed by atoms with van der Waals surface area (Å²) < 4.78 is 13.0. The molecule has 17 heavy (non-hydrogen) atoms. The van der Waals surface area contributed by atoms with Crippen LogP contribution in [0.2, 0.25) is 0 Å². The van der Waals surface area contributed by atoms with Crippen LogP contribution in [-0.2, 0) is 5.75 Å². The van der Waals surface area contributed by atoms with Crippen LogP contribution < -0.4 is 5.73 Å². The highest BCUT2D eigenvalue weighted by atomic mass is 32.2. The molecule has 88 valence electrons. The summed E-state index contributed by atoms with van der Waals surface area (Å²) in [6.07, 6.45) is 0. The van der Waals surface area contributed by atoms with Crippen LogP contribution in [0.3, 0.4) is 0 Å². The van der Waals surface area contributed by atoms with Crippen LogP contribution in [0.15, 0.2) is 47.4 Å². The first-order valence-corrected chi connectivity index (χ1v) is 6.37. The minimum absolute atomic E-state index is 0.194. The number of hydrogen-bond donors (Lipinski definition) is 1. The zero-order valence-corrected chi connectivity index (χ0v) is 10.4. The molecule has 0 unspecified atom stereocenters. The van der Waals surface area contributed by atoms with Gasteiger partial charge in [-0.15, -0.1) is 11.8 Å². The number of benzene rings is 2. The number of halogens is 1. The molecule has 0 saturated carbocycles. The first-order valence-electron chi connectivity index (χ1n) is 5.38. The predicted octanol–water partition coefficient (Wildman–Crippen LogP) is 4.01. The molecule has 3 heteroatoms. The molecule has 0 aliphatic heterocycles. The fourth-order valence-corrected chi connectivity index (χ4v) is 2.56. The normalized spacial score (nSPS) is 10.5. The first kappa shape index (κ1) is 12.0. The lowest BCUT2D eigenvalue weighted by Gasteiger charge is -2.06. The van der Waals surface area contributed by atoms with Crippen molar-refractivity contribution in [1.29, 1.82) is 0 Å². The van der Waals surface area contributed by atoms with Crippen LogP contribution in [0.1, 0.15) is 11.1 Å². The van der Waals surface area contributed by atoms with Crippen LogP contribution in [0, 0.1) is 12.7 Å². The summed E-state index contributed by atoms with van der Waals surface area (Å²) in [6, 6.07) is 12.6. The zero-order chi connectivity index (χ0) is 12.3. The van der Waals surface area contributed by atoms with Gasteiger partial charge in [-0.05, 0) is 42.3 Å². The maximum Gasteiger partial charge on any atom is 0.123 e. The summed E-state index contributed by atoms with van der Waals surface area (Å²) in [5.41, 5.74) is 8.81. The Bertz CT molecular complexity index is 525. The van der Waals surface area contributed by atoms with E-state index in [2.05, 4.69) is 6.07 Å².